The Balaban J connectivity index is 1.67. The molecule has 0 spiro atoms. The number of aryl methyl sites for hydroxylation is 2. The van der Waals surface area contributed by atoms with E-state index in [1.54, 1.807) is 10.7 Å². The molecule has 1 saturated heterocycles. The zero-order valence-electron chi connectivity index (χ0n) is 19.2. The molecule has 174 valence electrons. The lowest BCUT2D eigenvalue weighted by Gasteiger charge is -2.12. The number of fused-ring (bicyclic) bond motifs is 1. The van der Waals surface area contributed by atoms with Crippen LogP contribution >= 0.6 is 0 Å². The summed E-state index contributed by atoms with van der Waals surface area (Å²) in [6.07, 6.45) is 1.42. The number of carbonyl (C=O) groups is 1. The number of carbonyl (C=O) groups excluding carboxylic acids is 1. The second-order valence-electron chi connectivity index (χ2n) is 8.71. The first-order valence-corrected chi connectivity index (χ1v) is 13.2. The van der Waals surface area contributed by atoms with E-state index < -0.39 is 9.84 Å². The number of rotatable bonds is 5. The molecule has 1 fully saturated rings. The smallest absolute Gasteiger partial charge is 0.256 e. The minimum Gasteiger partial charge on any atom is -0.322 e. The van der Waals surface area contributed by atoms with E-state index in [-0.39, 0.29) is 23.5 Å². The highest BCUT2D eigenvalue weighted by Crippen LogP contribution is 2.32. The predicted molar refractivity (Wildman–Crippen MR) is 134 cm³/mol. The van der Waals surface area contributed by atoms with Crippen LogP contribution in [0.3, 0.4) is 0 Å². The summed E-state index contributed by atoms with van der Waals surface area (Å²) in [5.41, 5.74) is 5.09. The monoisotopic (exact) mass is 474 g/mol. The van der Waals surface area contributed by atoms with E-state index in [1.807, 2.05) is 49.4 Å². The van der Waals surface area contributed by atoms with E-state index in [0.717, 1.165) is 12.0 Å². The summed E-state index contributed by atoms with van der Waals surface area (Å²) in [6, 6.07) is 18.9. The molecule has 0 aliphatic carbocycles. The summed E-state index contributed by atoms with van der Waals surface area (Å²) in [4.78, 5) is 18.3. The van der Waals surface area contributed by atoms with Gasteiger partial charge in [-0.1, -0.05) is 49.4 Å². The van der Waals surface area contributed by atoms with Gasteiger partial charge in [-0.15, -0.1) is 0 Å². The van der Waals surface area contributed by atoms with Crippen LogP contribution in [0.25, 0.3) is 22.3 Å². The number of nitrogens with zero attached hydrogens (tertiary/aromatic N) is 3. The molecule has 3 heterocycles. The van der Waals surface area contributed by atoms with E-state index in [2.05, 4.69) is 29.5 Å². The van der Waals surface area contributed by atoms with Crippen LogP contribution in [0.5, 0.6) is 0 Å². The minimum atomic E-state index is -3.11. The van der Waals surface area contributed by atoms with Crippen molar-refractivity contribution in [3.05, 3.63) is 77.5 Å². The highest BCUT2D eigenvalue weighted by Gasteiger charge is 2.32. The zero-order chi connectivity index (χ0) is 23.9. The highest BCUT2D eigenvalue weighted by molar-refractivity contribution is 7.91. The van der Waals surface area contributed by atoms with Crippen LogP contribution in [-0.4, -0.2) is 40.6 Å². The van der Waals surface area contributed by atoms with Crippen LogP contribution in [0.15, 0.2) is 60.7 Å². The Morgan fingerprint density at radius 1 is 1.12 bits per heavy atom. The van der Waals surface area contributed by atoms with Crippen LogP contribution < -0.4 is 5.32 Å². The Morgan fingerprint density at radius 3 is 2.50 bits per heavy atom. The average molecular weight is 475 g/mol. The normalized spacial score (nSPS) is 17.2. The highest BCUT2D eigenvalue weighted by atomic mass is 32.2. The van der Waals surface area contributed by atoms with Gasteiger partial charge in [0.25, 0.3) is 5.91 Å². The maximum absolute atomic E-state index is 13.4. The third kappa shape index (κ3) is 4.21. The number of anilines is 1. The van der Waals surface area contributed by atoms with Crippen molar-refractivity contribution in [3.8, 4) is 11.3 Å². The molecule has 5 rings (SSSR count). The number of hydrogen-bond donors (Lipinski definition) is 1. The maximum atomic E-state index is 13.4. The largest absolute Gasteiger partial charge is 0.322 e. The Kier molecular flexibility index (Phi) is 5.69. The number of sulfone groups is 1. The number of benzene rings is 2. The van der Waals surface area contributed by atoms with Gasteiger partial charge in [0.15, 0.2) is 15.5 Å². The number of nitrogens with one attached hydrogen (secondary N) is 1. The molecule has 1 aliphatic rings. The molecule has 0 saturated carbocycles. The predicted octanol–water partition coefficient (Wildman–Crippen LogP) is 4.58. The lowest BCUT2D eigenvalue weighted by atomic mass is 10.0. The fourth-order valence-electron chi connectivity index (χ4n) is 4.49. The molecular formula is C26H26N4O3S. The Morgan fingerprint density at radius 2 is 1.85 bits per heavy atom. The number of aromatic nitrogens is 3. The zero-order valence-corrected chi connectivity index (χ0v) is 20.0. The number of amides is 1. The molecule has 0 bridgehead atoms. The first-order chi connectivity index (χ1) is 16.3. The standard InChI is InChI=1S/C26H26N4O3S/c1-3-18-9-11-19(12-10-18)23-15-22(26(31)27-20-7-5-4-6-8-20)24-17(2)29-30(25(24)28-23)21-13-14-34(32,33)16-21/h4-12,15,21H,3,13-14,16H2,1-2H3,(H,27,31). The lowest BCUT2D eigenvalue weighted by Crippen LogP contribution is -2.15. The van der Waals surface area contributed by atoms with Gasteiger partial charge in [-0.25, -0.2) is 18.1 Å². The average Bonchev–Trinajstić information content (AvgIpc) is 3.37. The summed E-state index contributed by atoms with van der Waals surface area (Å²) < 4.78 is 26.0. The first-order valence-electron chi connectivity index (χ1n) is 11.4. The van der Waals surface area contributed by atoms with Crippen molar-refractivity contribution in [2.24, 2.45) is 0 Å². The summed E-state index contributed by atoms with van der Waals surface area (Å²) in [7, 11) is -3.11. The van der Waals surface area contributed by atoms with Gasteiger partial charge in [0.1, 0.15) is 0 Å². The molecule has 4 aromatic rings. The van der Waals surface area contributed by atoms with Crippen LogP contribution in [0.4, 0.5) is 5.69 Å². The summed E-state index contributed by atoms with van der Waals surface area (Å²) in [6.45, 7) is 3.93. The van der Waals surface area contributed by atoms with Crippen molar-refractivity contribution >= 4 is 32.5 Å². The molecule has 34 heavy (non-hydrogen) atoms. The molecule has 0 radical (unpaired) electrons. The van der Waals surface area contributed by atoms with Crippen LogP contribution in [-0.2, 0) is 16.3 Å². The van der Waals surface area contributed by atoms with Gasteiger partial charge in [0.2, 0.25) is 0 Å². The van der Waals surface area contributed by atoms with Crippen molar-refractivity contribution in [3.63, 3.8) is 0 Å². The summed E-state index contributed by atoms with van der Waals surface area (Å²) in [5.74, 6) is -0.0876. The van der Waals surface area contributed by atoms with Crippen LogP contribution in [0.2, 0.25) is 0 Å². The molecule has 1 aliphatic heterocycles. The van der Waals surface area contributed by atoms with Crippen molar-refractivity contribution in [1.29, 1.82) is 0 Å². The second kappa shape index (κ2) is 8.68. The van der Waals surface area contributed by atoms with Gasteiger partial charge in [-0.05, 0) is 43.5 Å². The molecule has 1 amide bonds. The van der Waals surface area contributed by atoms with Crippen LogP contribution in [0, 0.1) is 6.92 Å². The molecule has 7 nitrogen and oxygen atoms in total. The Labute approximate surface area is 198 Å². The topological polar surface area (TPSA) is 94.0 Å². The van der Waals surface area contributed by atoms with Crippen molar-refractivity contribution in [1.82, 2.24) is 14.8 Å². The van der Waals surface area contributed by atoms with Gasteiger partial charge in [-0.2, -0.15) is 5.10 Å². The number of pyridine rings is 1. The van der Waals surface area contributed by atoms with E-state index in [0.29, 0.717) is 40.1 Å². The minimum absolute atomic E-state index is 0.0336. The van der Waals surface area contributed by atoms with Gasteiger partial charge >= 0.3 is 0 Å². The molecule has 1 atom stereocenters. The van der Waals surface area contributed by atoms with Gasteiger partial charge in [0, 0.05) is 11.3 Å². The third-order valence-electron chi connectivity index (χ3n) is 6.33. The summed E-state index contributed by atoms with van der Waals surface area (Å²) in [5, 5.41) is 8.27. The molecule has 1 N–H and O–H groups in total. The molecule has 8 heteroatoms. The molecule has 2 aromatic heterocycles. The van der Waals surface area contributed by atoms with E-state index in [9.17, 15) is 13.2 Å². The van der Waals surface area contributed by atoms with E-state index in [4.69, 9.17) is 4.98 Å². The molecule has 2 aromatic carbocycles. The second-order valence-corrected chi connectivity index (χ2v) is 10.9. The lowest BCUT2D eigenvalue weighted by molar-refractivity contribution is 0.102. The maximum Gasteiger partial charge on any atom is 0.256 e. The third-order valence-corrected chi connectivity index (χ3v) is 8.08. The quantitative estimate of drug-likeness (QED) is 0.457. The molecular weight excluding hydrogens is 448 g/mol. The Bertz CT molecular complexity index is 1480. The van der Waals surface area contributed by atoms with E-state index >= 15 is 0 Å². The van der Waals surface area contributed by atoms with Gasteiger partial charge in [0.05, 0.1) is 39.9 Å². The fourth-order valence-corrected chi connectivity index (χ4v) is 6.19. The first kappa shape index (κ1) is 22.3. The Hall–Kier alpha value is -3.52. The van der Waals surface area contributed by atoms with Crippen molar-refractivity contribution < 1.29 is 13.2 Å². The van der Waals surface area contributed by atoms with Crippen LogP contribution in [0.1, 0.15) is 41.0 Å². The summed E-state index contributed by atoms with van der Waals surface area (Å²) >= 11 is 0. The number of hydrogen-bond acceptors (Lipinski definition) is 5. The SMILES string of the molecule is CCc1ccc(-c2cc(C(=O)Nc3ccccc3)c3c(C)nn(C4CCS(=O)(=O)C4)c3n2)cc1. The van der Waals surface area contributed by atoms with Crippen molar-refractivity contribution in [2.45, 2.75) is 32.7 Å². The fraction of sp³-hybridized carbons (Fsp3) is 0.269. The van der Waals surface area contributed by atoms with Gasteiger partial charge < -0.3 is 5.32 Å². The molecule has 1 unspecified atom stereocenters. The number of para-hydroxylation sites is 1. The van der Waals surface area contributed by atoms with Gasteiger partial charge in [-0.3, -0.25) is 4.79 Å². The van der Waals surface area contributed by atoms with Crippen molar-refractivity contribution in [2.75, 3.05) is 16.8 Å². The van der Waals surface area contributed by atoms with E-state index in [1.165, 1.54) is 5.56 Å².